The van der Waals surface area contributed by atoms with Crippen LogP contribution in [0, 0.1) is 0 Å². The van der Waals surface area contributed by atoms with Crippen molar-refractivity contribution in [1.29, 1.82) is 0 Å². The minimum Gasteiger partial charge on any atom is -0.298 e. The summed E-state index contributed by atoms with van der Waals surface area (Å²) in [6, 6.07) is 8.44. The molecular weight excluding hydrogens is 234 g/mol. The first kappa shape index (κ1) is 17.8. The largest absolute Gasteiger partial charge is 0.298 e. The number of hydrogen-bond acceptors (Lipinski definition) is 2. The highest BCUT2D eigenvalue weighted by atomic mass is 16.1. The third kappa shape index (κ3) is 5.56. The first-order valence-corrected chi connectivity index (χ1v) is 7.37. The van der Waals surface area contributed by atoms with E-state index in [-0.39, 0.29) is 11.8 Å². The molecule has 0 N–H and O–H groups in total. The highest BCUT2D eigenvalue weighted by Gasteiger charge is 2.25. The van der Waals surface area contributed by atoms with Crippen LogP contribution in [0.2, 0.25) is 0 Å². The van der Waals surface area contributed by atoms with Gasteiger partial charge in [-0.1, -0.05) is 58.4 Å². The Hall–Kier alpha value is -1.15. The van der Waals surface area contributed by atoms with Gasteiger partial charge < -0.3 is 0 Å². The zero-order chi connectivity index (χ0) is 14.8. The second kappa shape index (κ2) is 9.74. The van der Waals surface area contributed by atoms with Crippen molar-refractivity contribution in [3.63, 3.8) is 0 Å². The lowest BCUT2D eigenvalue weighted by Crippen LogP contribution is -2.42. The summed E-state index contributed by atoms with van der Waals surface area (Å²) < 4.78 is 0. The summed E-state index contributed by atoms with van der Waals surface area (Å²) in [5.41, 5.74) is 2.68. The third-order valence-corrected chi connectivity index (χ3v) is 2.95. The molecule has 0 saturated heterocycles. The van der Waals surface area contributed by atoms with Gasteiger partial charge in [0.05, 0.1) is 6.04 Å². The zero-order valence-electron chi connectivity index (χ0n) is 13.4. The van der Waals surface area contributed by atoms with Crippen LogP contribution in [0.3, 0.4) is 0 Å². The van der Waals surface area contributed by atoms with E-state index >= 15 is 0 Å². The number of likely N-dealkylation sites (N-methyl/N-ethyl adjacent to an activating group) is 1. The summed E-state index contributed by atoms with van der Waals surface area (Å²) >= 11 is 0. The van der Waals surface area contributed by atoms with E-state index in [2.05, 4.69) is 36.9 Å². The Morgan fingerprint density at radius 1 is 1.21 bits per heavy atom. The van der Waals surface area contributed by atoms with E-state index in [0.717, 1.165) is 13.0 Å². The van der Waals surface area contributed by atoms with Gasteiger partial charge in [-0.25, -0.2) is 0 Å². The lowest BCUT2D eigenvalue weighted by Gasteiger charge is -2.32. The van der Waals surface area contributed by atoms with Crippen molar-refractivity contribution in [3.8, 4) is 0 Å². The smallest absolute Gasteiger partial charge is 0.147 e. The monoisotopic (exact) mass is 263 g/mol. The fourth-order valence-electron chi connectivity index (χ4n) is 2.11. The minimum absolute atomic E-state index is 0.0740. The number of benzene rings is 1. The van der Waals surface area contributed by atoms with E-state index < -0.39 is 0 Å². The summed E-state index contributed by atoms with van der Waals surface area (Å²) in [7, 11) is 2.02. The van der Waals surface area contributed by atoms with Crippen molar-refractivity contribution in [1.82, 2.24) is 4.90 Å². The van der Waals surface area contributed by atoms with E-state index in [1.807, 2.05) is 27.0 Å². The van der Waals surface area contributed by atoms with Crippen molar-refractivity contribution >= 4 is 5.78 Å². The molecule has 1 atom stereocenters. The van der Waals surface area contributed by atoms with Gasteiger partial charge in [0, 0.05) is 6.54 Å². The van der Waals surface area contributed by atoms with Gasteiger partial charge in [-0.15, -0.1) is 0 Å². The normalized spacial score (nSPS) is 17.3. The molecule has 19 heavy (non-hydrogen) atoms. The van der Waals surface area contributed by atoms with E-state index in [4.69, 9.17) is 0 Å². The molecule has 1 heterocycles. The first-order chi connectivity index (χ1) is 9.10. The van der Waals surface area contributed by atoms with E-state index in [0.29, 0.717) is 0 Å². The topological polar surface area (TPSA) is 20.3 Å². The highest BCUT2D eigenvalue weighted by Crippen LogP contribution is 2.21. The van der Waals surface area contributed by atoms with Gasteiger partial charge in [0.15, 0.2) is 0 Å². The number of carbonyl (C=O) groups is 1. The fraction of sp³-hybridized carbons (Fsp3) is 0.588. The quantitative estimate of drug-likeness (QED) is 0.761. The summed E-state index contributed by atoms with van der Waals surface area (Å²) in [5, 5.41) is 0. The van der Waals surface area contributed by atoms with E-state index in [9.17, 15) is 4.79 Å². The lowest BCUT2D eigenvalue weighted by molar-refractivity contribution is -0.122. The van der Waals surface area contributed by atoms with Crippen LogP contribution < -0.4 is 0 Å². The Kier molecular flexibility index (Phi) is 9.15. The summed E-state index contributed by atoms with van der Waals surface area (Å²) in [6.45, 7) is 10.8. The van der Waals surface area contributed by atoms with Crippen LogP contribution in [0.1, 0.15) is 52.2 Å². The van der Waals surface area contributed by atoms with E-state index in [1.165, 1.54) is 17.5 Å². The predicted molar refractivity (Wildman–Crippen MR) is 83.4 cm³/mol. The van der Waals surface area contributed by atoms with Gasteiger partial charge in [-0.2, -0.15) is 0 Å². The summed E-state index contributed by atoms with van der Waals surface area (Å²) in [6.07, 6.45) is 2.11. The highest BCUT2D eigenvalue weighted by molar-refractivity contribution is 5.82. The molecule has 0 saturated carbocycles. The van der Waals surface area contributed by atoms with Crippen LogP contribution in [-0.2, 0) is 17.8 Å². The van der Waals surface area contributed by atoms with Gasteiger partial charge in [-0.05, 0) is 31.5 Å². The number of ketones is 1. The number of nitrogens with zero attached hydrogens (tertiary/aromatic N) is 1. The average molecular weight is 263 g/mol. The Labute approximate surface area is 118 Å². The average Bonchev–Trinajstić information content (AvgIpc) is 2.41. The van der Waals surface area contributed by atoms with Crippen LogP contribution in [0.4, 0.5) is 0 Å². The van der Waals surface area contributed by atoms with Gasteiger partial charge in [0.25, 0.3) is 0 Å². The maximum atomic E-state index is 11.4. The summed E-state index contributed by atoms with van der Waals surface area (Å²) in [4.78, 5) is 13.5. The second-order valence-corrected chi connectivity index (χ2v) is 4.72. The third-order valence-electron chi connectivity index (χ3n) is 2.95. The molecule has 2 heteroatoms. The molecule has 1 aliphatic heterocycles. The van der Waals surface area contributed by atoms with Crippen molar-refractivity contribution in [3.05, 3.63) is 35.4 Å². The van der Waals surface area contributed by atoms with Crippen molar-refractivity contribution in [2.45, 2.75) is 60.0 Å². The van der Waals surface area contributed by atoms with Gasteiger partial charge in [0.1, 0.15) is 5.78 Å². The Balaban J connectivity index is 0.000000573. The zero-order valence-corrected chi connectivity index (χ0v) is 13.4. The predicted octanol–water partition coefficient (Wildman–Crippen LogP) is 4.07. The summed E-state index contributed by atoms with van der Waals surface area (Å²) in [5.74, 6) is 0.266. The van der Waals surface area contributed by atoms with Crippen LogP contribution in [0.25, 0.3) is 0 Å². The standard InChI is InChI=1S/C12H15NO.C3H8.C2H6/c1-9(14)12-7-10-5-3-4-6-11(10)8-13(12)2;1-3-2;1-2/h3-6,12H,7-8H2,1-2H3;3H2,1-2H3;1-2H3. The van der Waals surface area contributed by atoms with Gasteiger partial charge in [0.2, 0.25) is 0 Å². The molecule has 0 aromatic heterocycles. The van der Waals surface area contributed by atoms with Crippen LogP contribution in [0.15, 0.2) is 24.3 Å². The minimum atomic E-state index is 0.0740. The molecule has 1 aliphatic rings. The Morgan fingerprint density at radius 3 is 2.16 bits per heavy atom. The number of carbonyl (C=O) groups excluding carboxylic acids is 1. The molecule has 108 valence electrons. The number of Topliss-reactive ketones (excluding diaryl/α,β-unsaturated/α-hetero) is 1. The Bertz CT molecular complexity index is 373. The molecule has 0 radical (unpaired) electrons. The SMILES string of the molecule is CC.CC(=O)C1Cc2ccccc2CN1C.CCC. The molecular formula is C17H29NO. The van der Waals surface area contributed by atoms with Crippen molar-refractivity contribution < 1.29 is 4.79 Å². The first-order valence-electron chi connectivity index (χ1n) is 7.37. The molecule has 1 unspecified atom stereocenters. The van der Waals surface area contributed by atoms with Crippen LogP contribution in [-0.4, -0.2) is 23.8 Å². The van der Waals surface area contributed by atoms with E-state index in [1.54, 1.807) is 6.92 Å². The molecule has 0 aliphatic carbocycles. The van der Waals surface area contributed by atoms with Crippen molar-refractivity contribution in [2.24, 2.45) is 0 Å². The molecule has 2 nitrogen and oxygen atoms in total. The molecule has 0 bridgehead atoms. The second-order valence-electron chi connectivity index (χ2n) is 4.72. The van der Waals surface area contributed by atoms with Crippen LogP contribution >= 0.6 is 0 Å². The van der Waals surface area contributed by atoms with Gasteiger partial charge in [-0.3, -0.25) is 9.69 Å². The lowest BCUT2D eigenvalue weighted by atomic mass is 9.93. The number of hydrogen-bond donors (Lipinski definition) is 0. The molecule has 0 fully saturated rings. The van der Waals surface area contributed by atoms with Gasteiger partial charge >= 0.3 is 0 Å². The number of rotatable bonds is 1. The van der Waals surface area contributed by atoms with Crippen molar-refractivity contribution in [2.75, 3.05) is 7.05 Å². The maximum Gasteiger partial charge on any atom is 0.147 e. The fourth-order valence-corrected chi connectivity index (χ4v) is 2.11. The molecule has 0 amide bonds. The molecule has 1 aromatic rings. The molecule has 2 rings (SSSR count). The van der Waals surface area contributed by atoms with Crippen LogP contribution in [0.5, 0.6) is 0 Å². The molecule has 1 aromatic carbocycles. The number of fused-ring (bicyclic) bond motifs is 1. The maximum absolute atomic E-state index is 11.4. The Morgan fingerprint density at radius 2 is 1.68 bits per heavy atom. The molecule has 0 spiro atoms.